The number of aryl methyl sites for hydroxylation is 1. The van der Waals surface area contributed by atoms with Crippen molar-refractivity contribution in [1.29, 1.82) is 0 Å². The van der Waals surface area contributed by atoms with Crippen LogP contribution in [-0.2, 0) is 0 Å². The zero-order valence-electron chi connectivity index (χ0n) is 16.5. The molecule has 0 N–H and O–H groups in total. The molecule has 29 heavy (non-hydrogen) atoms. The van der Waals surface area contributed by atoms with Crippen molar-refractivity contribution in [1.82, 2.24) is 19.7 Å². The molecule has 0 amide bonds. The number of aromatic nitrogens is 4. The number of rotatable bonds is 6. The van der Waals surface area contributed by atoms with Crippen molar-refractivity contribution in [3.8, 4) is 22.7 Å². The molecular weight excluding hydrogens is 369 g/mol. The maximum Gasteiger partial charge on any atom is 0.163 e. The van der Waals surface area contributed by atoms with Gasteiger partial charge in [-0.1, -0.05) is 18.6 Å². The van der Waals surface area contributed by atoms with E-state index in [2.05, 4.69) is 26.8 Å². The number of hydrogen-bond acceptors (Lipinski definition) is 5. The van der Waals surface area contributed by atoms with Crippen LogP contribution in [0.2, 0.25) is 0 Å². The molecular formula is C22H24FN5O. The molecule has 0 bridgehead atoms. The third-order valence-electron chi connectivity index (χ3n) is 5.44. The van der Waals surface area contributed by atoms with Crippen LogP contribution in [0.3, 0.4) is 0 Å². The first-order valence-corrected chi connectivity index (χ1v) is 9.85. The van der Waals surface area contributed by atoms with Crippen LogP contribution in [0.5, 0.6) is 5.75 Å². The zero-order valence-corrected chi connectivity index (χ0v) is 16.5. The van der Waals surface area contributed by atoms with E-state index in [0.29, 0.717) is 35.7 Å². The highest BCUT2D eigenvalue weighted by atomic mass is 19.1. The van der Waals surface area contributed by atoms with Gasteiger partial charge in [0.05, 0.1) is 19.0 Å². The minimum atomic E-state index is -0.318. The summed E-state index contributed by atoms with van der Waals surface area (Å²) in [5.41, 5.74) is 2.63. The van der Waals surface area contributed by atoms with Gasteiger partial charge in [0.1, 0.15) is 23.5 Å². The summed E-state index contributed by atoms with van der Waals surface area (Å²) in [6.45, 7) is 6.13. The molecule has 1 aliphatic rings. The molecule has 0 radical (unpaired) electrons. The summed E-state index contributed by atoms with van der Waals surface area (Å²) in [4.78, 5) is 12.7. The lowest BCUT2D eigenvalue weighted by atomic mass is 9.86. The smallest absolute Gasteiger partial charge is 0.163 e. The minimum Gasteiger partial charge on any atom is -0.489 e. The van der Waals surface area contributed by atoms with E-state index in [0.717, 1.165) is 36.8 Å². The summed E-state index contributed by atoms with van der Waals surface area (Å²) in [5.74, 6) is 0.726. The highest BCUT2D eigenvalue weighted by Gasteiger charge is 2.22. The van der Waals surface area contributed by atoms with Gasteiger partial charge in [0.15, 0.2) is 5.75 Å². The Kier molecular flexibility index (Phi) is 5.64. The van der Waals surface area contributed by atoms with Gasteiger partial charge in [-0.2, -0.15) is 5.10 Å². The van der Waals surface area contributed by atoms with Gasteiger partial charge >= 0.3 is 0 Å². The normalized spacial score (nSPS) is 19.1. The maximum atomic E-state index is 14.3. The molecule has 1 aromatic carbocycles. The van der Waals surface area contributed by atoms with Gasteiger partial charge in [-0.25, -0.2) is 19.0 Å². The second-order valence-electron chi connectivity index (χ2n) is 7.49. The first-order chi connectivity index (χ1) is 14.2. The molecule has 2 atom stereocenters. The van der Waals surface area contributed by atoms with Crippen molar-refractivity contribution in [2.45, 2.75) is 38.6 Å². The predicted octanol–water partition coefficient (Wildman–Crippen LogP) is 4.42. The first kappa shape index (κ1) is 19.2. The van der Waals surface area contributed by atoms with E-state index < -0.39 is 0 Å². The van der Waals surface area contributed by atoms with E-state index in [1.807, 2.05) is 13.0 Å². The van der Waals surface area contributed by atoms with Gasteiger partial charge in [0, 0.05) is 17.8 Å². The number of hydrogen-bond donors (Lipinski definition) is 0. The van der Waals surface area contributed by atoms with Gasteiger partial charge < -0.3 is 4.74 Å². The van der Waals surface area contributed by atoms with E-state index in [1.165, 1.54) is 17.1 Å². The average Bonchev–Trinajstić information content (AvgIpc) is 3.22. The van der Waals surface area contributed by atoms with Crippen LogP contribution in [0.15, 0.2) is 48.1 Å². The average molecular weight is 393 g/mol. The van der Waals surface area contributed by atoms with Gasteiger partial charge in [-0.3, -0.25) is 4.99 Å². The number of aliphatic imine (C=N–C) groups is 1. The van der Waals surface area contributed by atoms with Crippen molar-refractivity contribution >= 4 is 6.72 Å². The monoisotopic (exact) mass is 393 g/mol. The molecule has 4 rings (SSSR count). The highest BCUT2D eigenvalue weighted by Crippen LogP contribution is 2.31. The van der Waals surface area contributed by atoms with Gasteiger partial charge in [-0.15, -0.1) is 0 Å². The molecule has 1 aliphatic carbocycles. The van der Waals surface area contributed by atoms with E-state index >= 15 is 0 Å². The fraction of sp³-hybridized carbons (Fsp3) is 0.364. The molecule has 3 aromatic rings. The Labute approximate surface area is 169 Å². The second kappa shape index (κ2) is 8.51. The van der Waals surface area contributed by atoms with Gasteiger partial charge in [0.25, 0.3) is 0 Å². The van der Waals surface area contributed by atoms with Crippen molar-refractivity contribution in [3.05, 3.63) is 54.5 Å². The van der Waals surface area contributed by atoms with Crippen LogP contribution in [-0.4, -0.2) is 39.1 Å². The number of benzene rings is 1. The quantitative estimate of drug-likeness (QED) is 0.582. The standard InChI is InChI=1S/C22H24FN5O/c1-15-5-3-8-19(23)22(15)28-12-17(10-27-28)21-20(11-25-14-26-21)29-13-16-6-4-7-18(9-16)24-2/h3,5,8,10-12,14,16,18H,2,4,6-7,9,13H2,1H3/t16-,18+/m0/s1. The van der Waals surface area contributed by atoms with Crippen LogP contribution in [0, 0.1) is 18.7 Å². The molecule has 0 saturated heterocycles. The van der Waals surface area contributed by atoms with Crippen molar-refractivity contribution < 1.29 is 9.13 Å². The number of halogens is 1. The van der Waals surface area contributed by atoms with Crippen molar-refractivity contribution in [2.75, 3.05) is 6.61 Å². The molecule has 2 heterocycles. The third kappa shape index (κ3) is 4.18. The fourth-order valence-electron chi connectivity index (χ4n) is 3.91. The summed E-state index contributed by atoms with van der Waals surface area (Å²) in [7, 11) is 0. The molecule has 0 unspecified atom stereocenters. The number of para-hydroxylation sites is 1. The van der Waals surface area contributed by atoms with Crippen LogP contribution in [0.25, 0.3) is 16.9 Å². The maximum absolute atomic E-state index is 14.3. The Hall–Kier alpha value is -3.09. The summed E-state index contributed by atoms with van der Waals surface area (Å²) in [5, 5.41) is 4.34. The molecule has 7 heteroatoms. The van der Waals surface area contributed by atoms with Gasteiger partial charge in [-0.05, 0) is 50.5 Å². The summed E-state index contributed by atoms with van der Waals surface area (Å²) in [6.07, 6.45) is 10.9. The Balaban J connectivity index is 1.55. The van der Waals surface area contributed by atoms with E-state index in [1.54, 1.807) is 24.7 Å². The number of nitrogens with zero attached hydrogens (tertiary/aromatic N) is 5. The largest absolute Gasteiger partial charge is 0.489 e. The van der Waals surface area contributed by atoms with Crippen molar-refractivity contribution in [2.24, 2.45) is 10.9 Å². The predicted molar refractivity (Wildman–Crippen MR) is 110 cm³/mol. The lowest BCUT2D eigenvalue weighted by molar-refractivity contribution is 0.198. The van der Waals surface area contributed by atoms with Crippen LogP contribution < -0.4 is 4.74 Å². The van der Waals surface area contributed by atoms with E-state index in [4.69, 9.17) is 4.74 Å². The topological polar surface area (TPSA) is 65.2 Å². The lowest BCUT2D eigenvalue weighted by Crippen LogP contribution is -2.23. The van der Waals surface area contributed by atoms with Crippen molar-refractivity contribution in [3.63, 3.8) is 0 Å². The van der Waals surface area contributed by atoms with E-state index in [-0.39, 0.29) is 5.82 Å². The molecule has 0 spiro atoms. The molecule has 150 valence electrons. The highest BCUT2D eigenvalue weighted by molar-refractivity contribution is 5.64. The molecule has 2 aromatic heterocycles. The fourth-order valence-corrected chi connectivity index (χ4v) is 3.91. The molecule has 6 nitrogen and oxygen atoms in total. The van der Waals surface area contributed by atoms with E-state index in [9.17, 15) is 4.39 Å². The van der Waals surface area contributed by atoms with Crippen LogP contribution in [0.4, 0.5) is 4.39 Å². The second-order valence-corrected chi connectivity index (χ2v) is 7.49. The zero-order chi connectivity index (χ0) is 20.2. The Bertz CT molecular complexity index is 982. The number of ether oxygens (including phenoxy) is 1. The van der Waals surface area contributed by atoms with Gasteiger partial charge in [0.2, 0.25) is 0 Å². The summed E-state index contributed by atoms with van der Waals surface area (Å²) < 4.78 is 21.9. The molecule has 0 aliphatic heterocycles. The third-order valence-corrected chi connectivity index (χ3v) is 5.44. The Morgan fingerprint density at radius 1 is 1.31 bits per heavy atom. The lowest BCUT2D eigenvalue weighted by Gasteiger charge is -2.26. The van der Waals surface area contributed by atoms with Crippen LogP contribution >= 0.6 is 0 Å². The molecule has 1 saturated carbocycles. The first-order valence-electron chi connectivity index (χ1n) is 9.85. The Morgan fingerprint density at radius 2 is 2.21 bits per heavy atom. The Morgan fingerprint density at radius 3 is 3.03 bits per heavy atom. The summed E-state index contributed by atoms with van der Waals surface area (Å²) >= 11 is 0. The summed E-state index contributed by atoms with van der Waals surface area (Å²) in [6, 6.07) is 5.30. The minimum absolute atomic E-state index is 0.318. The van der Waals surface area contributed by atoms with Crippen LogP contribution in [0.1, 0.15) is 31.2 Å². The SMILES string of the molecule is C=N[C@@H]1CCC[C@H](COc2cncnc2-c2cnn(-c3c(C)cccc3F)c2)C1. The molecule has 1 fully saturated rings.